The number of carbonyl (C=O) groups excluding carboxylic acids is 1. The lowest BCUT2D eigenvalue weighted by Crippen LogP contribution is -2.35. The van der Waals surface area contributed by atoms with Gasteiger partial charge in [-0.3, -0.25) is 0 Å². The number of hydrogen-bond donors (Lipinski definition) is 3. The van der Waals surface area contributed by atoms with Crippen molar-refractivity contribution < 1.29 is 14.6 Å². The van der Waals surface area contributed by atoms with Gasteiger partial charge in [-0.2, -0.15) is 0 Å². The third-order valence-corrected chi connectivity index (χ3v) is 1.56. The molecule has 0 saturated heterocycles. The van der Waals surface area contributed by atoms with Gasteiger partial charge < -0.3 is 20.5 Å². The zero-order valence-electron chi connectivity index (χ0n) is 9.75. The minimum Gasteiger partial charge on any atom is -0.449 e. The average Bonchev–Trinajstić information content (AvgIpc) is 2.13. The zero-order chi connectivity index (χ0) is 11.7. The van der Waals surface area contributed by atoms with E-state index in [1.54, 1.807) is 6.92 Å². The summed E-state index contributed by atoms with van der Waals surface area (Å²) in [7, 11) is 0. The van der Waals surface area contributed by atoms with E-state index in [0.717, 1.165) is 0 Å². The lowest BCUT2D eigenvalue weighted by molar-refractivity contribution is 0.133. The quantitative estimate of drug-likeness (QED) is 0.539. The van der Waals surface area contributed by atoms with Crippen molar-refractivity contribution in [2.45, 2.75) is 26.9 Å². The van der Waals surface area contributed by atoms with Gasteiger partial charge in [0, 0.05) is 19.6 Å². The van der Waals surface area contributed by atoms with Gasteiger partial charge in [0.2, 0.25) is 0 Å². The highest BCUT2D eigenvalue weighted by molar-refractivity contribution is 5.67. The van der Waals surface area contributed by atoms with Gasteiger partial charge in [-0.15, -0.1) is 0 Å². The van der Waals surface area contributed by atoms with E-state index < -0.39 is 0 Å². The first-order chi connectivity index (χ1) is 7.02. The molecule has 90 valence electrons. The van der Waals surface area contributed by atoms with Gasteiger partial charge in [0.25, 0.3) is 0 Å². The van der Waals surface area contributed by atoms with Crippen LogP contribution in [0.15, 0.2) is 0 Å². The summed E-state index contributed by atoms with van der Waals surface area (Å²) in [5.74, 6) is 0.351. The van der Waals surface area contributed by atoms with E-state index in [4.69, 9.17) is 9.84 Å². The predicted octanol–water partition coefficient (Wildman–Crippen LogP) is 0.339. The first-order valence-corrected chi connectivity index (χ1v) is 5.31. The van der Waals surface area contributed by atoms with Gasteiger partial charge in [0.1, 0.15) is 0 Å². The van der Waals surface area contributed by atoms with Gasteiger partial charge in [-0.1, -0.05) is 13.8 Å². The maximum absolute atomic E-state index is 11.0. The summed E-state index contributed by atoms with van der Waals surface area (Å²) in [4.78, 5) is 11.0. The van der Waals surface area contributed by atoms with Gasteiger partial charge in [0.15, 0.2) is 0 Å². The number of aliphatic hydroxyl groups excluding tert-OH is 1. The molecule has 0 spiro atoms. The summed E-state index contributed by atoms with van der Waals surface area (Å²) < 4.78 is 4.90. The van der Waals surface area contributed by atoms with E-state index in [9.17, 15) is 4.79 Å². The summed E-state index contributed by atoms with van der Waals surface area (Å²) in [5.41, 5.74) is 0. The predicted molar refractivity (Wildman–Crippen MR) is 58.7 cm³/mol. The van der Waals surface area contributed by atoms with E-state index >= 15 is 0 Å². The number of alkyl carbamates (subject to hydrolysis) is 1. The number of amides is 1. The fraction of sp³-hybridized carbons (Fsp3) is 0.900. The topological polar surface area (TPSA) is 70.6 Å². The van der Waals surface area contributed by atoms with Crippen molar-refractivity contribution in [3.8, 4) is 0 Å². The smallest absolute Gasteiger partial charge is 0.407 e. The van der Waals surface area contributed by atoms with Crippen LogP contribution in [0, 0.1) is 5.92 Å². The molecule has 5 heteroatoms. The zero-order valence-corrected chi connectivity index (χ0v) is 9.75. The van der Waals surface area contributed by atoms with Gasteiger partial charge in [-0.05, 0) is 12.8 Å². The maximum Gasteiger partial charge on any atom is 0.407 e. The lowest BCUT2D eigenvalue weighted by Gasteiger charge is -2.09. The molecular formula is C10H22N2O3. The second-order valence-corrected chi connectivity index (χ2v) is 3.97. The van der Waals surface area contributed by atoms with E-state index in [2.05, 4.69) is 10.6 Å². The molecular weight excluding hydrogens is 196 g/mol. The molecule has 0 radical (unpaired) electrons. The molecule has 0 aliphatic rings. The molecule has 0 aromatic heterocycles. The third-order valence-electron chi connectivity index (χ3n) is 1.56. The van der Waals surface area contributed by atoms with Crippen LogP contribution >= 0.6 is 0 Å². The summed E-state index contributed by atoms with van der Waals surface area (Å²) in [6, 6.07) is 0. The Hall–Kier alpha value is -0.810. The Morgan fingerprint density at radius 1 is 1.33 bits per heavy atom. The molecule has 0 aliphatic carbocycles. The van der Waals surface area contributed by atoms with Crippen LogP contribution in [0.2, 0.25) is 0 Å². The second-order valence-electron chi connectivity index (χ2n) is 3.97. The van der Waals surface area contributed by atoms with Crippen LogP contribution < -0.4 is 10.6 Å². The molecule has 0 saturated carbocycles. The highest BCUT2D eigenvalue weighted by atomic mass is 16.5. The lowest BCUT2D eigenvalue weighted by atomic mass is 10.2. The van der Waals surface area contributed by atoms with Crippen molar-refractivity contribution in [3.63, 3.8) is 0 Å². The van der Waals surface area contributed by atoms with Gasteiger partial charge in [-0.25, -0.2) is 4.79 Å². The molecule has 15 heavy (non-hydrogen) atoms. The van der Waals surface area contributed by atoms with Crippen molar-refractivity contribution >= 4 is 6.09 Å². The van der Waals surface area contributed by atoms with Crippen molar-refractivity contribution in [2.75, 3.05) is 26.2 Å². The van der Waals surface area contributed by atoms with E-state index in [0.29, 0.717) is 32.2 Å². The third kappa shape index (κ3) is 11.1. The number of nitrogens with one attached hydrogen (secondary N) is 2. The SMILES string of the molecule is CC(C)COC(=O)NCCNCC(C)O. The fourth-order valence-corrected chi connectivity index (χ4v) is 0.857. The number of hydrogen-bond acceptors (Lipinski definition) is 4. The van der Waals surface area contributed by atoms with E-state index in [-0.39, 0.29) is 12.2 Å². The van der Waals surface area contributed by atoms with Crippen LogP contribution in [-0.4, -0.2) is 43.5 Å². The fourth-order valence-electron chi connectivity index (χ4n) is 0.857. The molecule has 1 atom stereocenters. The second kappa shape index (κ2) is 8.49. The monoisotopic (exact) mass is 218 g/mol. The van der Waals surface area contributed by atoms with Crippen LogP contribution in [0.1, 0.15) is 20.8 Å². The molecule has 0 aromatic carbocycles. The van der Waals surface area contributed by atoms with E-state index in [1.807, 2.05) is 13.8 Å². The van der Waals surface area contributed by atoms with Crippen LogP contribution in [-0.2, 0) is 4.74 Å². The molecule has 5 nitrogen and oxygen atoms in total. The molecule has 0 bridgehead atoms. The molecule has 0 heterocycles. The van der Waals surface area contributed by atoms with Crippen LogP contribution in [0.4, 0.5) is 4.79 Å². The minimum atomic E-state index is -0.387. The molecule has 3 N–H and O–H groups in total. The standard InChI is InChI=1S/C10H22N2O3/c1-8(2)7-15-10(14)12-5-4-11-6-9(3)13/h8-9,11,13H,4-7H2,1-3H3,(H,12,14). The normalized spacial score (nSPS) is 12.6. The minimum absolute atomic E-state index is 0.351. The molecule has 1 amide bonds. The Bertz CT molecular complexity index is 172. The number of carbonyl (C=O) groups is 1. The van der Waals surface area contributed by atoms with Crippen LogP contribution in [0.5, 0.6) is 0 Å². The Balaban J connectivity index is 3.24. The van der Waals surface area contributed by atoms with Crippen molar-refractivity contribution in [3.05, 3.63) is 0 Å². The Labute approximate surface area is 91.2 Å². The van der Waals surface area contributed by atoms with Crippen LogP contribution in [0.25, 0.3) is 0 Å². The van der Waals surface area contributed by atoms with Crippen LogP contribution in [0.3, 0.4) is 0 Å². The van der Waals surface area contributed by atoms with Gasteiger partial charge >= 0.3 is 6.09 Å². The van der Waals surface area contributed by atoms with Crippen molar-refractivity contribution in [1.29, 1.82) is 0 Å². The number of ether oxygens (including phenoxy) is 1. The number of rotatable bonds is 7. The summed E-state index contributed by atoms with van der Waals surface area (Å²) in [6.45, 7) is 7.77. The maximum atomic E-state index is 11.0. The Morgan fingerprint density at radius 2 is 2.00 bits per heavy atom. The summed E-state index contributed by atoms with van der Waals surface area (Å²) in [6.07, 6.45) is -0.750. The highest BCUT2D eigenvalue weighted by Crippen LogP contribution is 1.91. The van der Waals surface area contributed by atoms with Crippen molar-refractivity contribution in [2.24, 2.45) is 5.92 Å². The molecule has 0 fully saturated rings. The molecule has 0 aliphatic heterocycles. The molecule has 0 aromatic rings. The first-order valence-electron chi connectivity index (χ1n) is 5.31. The molecule has 1 unspecified atom stereocenters. The Morgan fingerprint density at radius 3 is 2.53 bits per heavy atom. The highest BCUT2D eigenvalue weighted by Gasteiger charge is 2.02. The summed E-state index contributed by atoms with van der Waals surface area (Å²) in [5, 5.41) is 14.5. The van der Waals surface area contributed by atoms with Gasteiger partial charge in [0.05, 0.1) is 12.7 Å². The first kappa shape index (κ1) is 14.2. The molecule has 0 rings (SSSR count). The Kier molecular flexibility index (Phi) is 8.04. The van der Waals surface area contributed by atoms with E-state index in [1.165, 1.54) is 0 Å². The summed E-state index contributed by atoms with van der Waals surface area (Å²) >= 11 is 0. The largest absolute Gasteiger partial charge is 0.449 e. The average molecular weight is 218 g/mol. The van der Waals surface area contributed by atoms with Crippen molar-refractivity contribution in [1.82, 2.24) is 10.6 Å². The number of aliphatic hydroxyl groups is 1.